The van der Waals surface area contributed by atoms with Gasteiger partial charge in [0.2, 0.25) is 0 Å². The second-order valence-electron chi connectivity index (χ2n) is 2.72. The van der Waals surface area contributed by atoms with E-state index in [1.165, 1.54) is 0 Å². The highest BCUT2D eigenvalue weighted by molar-refractivity contribution is 4.88. The van der Waals surface area contributed by atoms with Crippen LogP contribution < -0.4 is 5.32 Å². The fraction of sp³-hybridized carbons (Fsp3) is 0.778. The SMILES string of the molecule is C#CCN(CC)CC(C)NC. The van der Waals surface area contributed by atoms with Crippen molar-refractivity contribution in [2.24, 2.45) is 0 Å². The Labute approximate surface area is 70.0 Å². The van der Waals surface area contributed by atoms with Crippen LogP contribution in [0.15, 0.2) is 0 Å². The van der Waals surface area contributed by atoms with Gasteiger partial charge >= 0.3 is 0 Å². The average molecular weight is 154 g/mol. The molecule has 2 nitrogen and oxygen atoms in total. The molecule has 0 saturated heterocycles. The Morgan fingerprint density at radius 2 is 2.27 bits per heavy atom. The first-order valence-electron chi connectivity index (χ1n) is 4.07. The first-order valence-corrected chi connectivity index (χ1v) is 4.07. The molecule has 1 atom stereocenters. The van der Waals surface area contributed by atoms with Crippen molar-refractivity contribution in [3.8, 4) is 12.3 Å². The summed E-state index contributed by atoms with van der Waals surface area (Å²) in [6.45, 7) is 7.08. The smallest absolute Gasteiger partial charge is 0.0599 e. The van der Waals surface area contributed by atoms with E-state index in [4.69, 9.17) is 6.42 Å². The molecule has 0 radical (unpaired) electrons. The van der Waals surface area contributed by atoms with E-state index < -0.39 is 0 Å². The molecular formula is C9H18N2. The summed E-state index contributed by atoms with van der Waals surface area (Å²) in [5.74, 6) is 2.65. The van der Waals surface area contributed by atoms with Gasteiger partial charge in [0.05, 0.1) is 6.54 Å². The number of hydrogen-bond acceptors (Lipinski definition) is 2. The van der Waals surface area contributed by atoms with Gasteiger partial charge in [0.25, 0.3) is 0 Å². The van der Waals surface area contributed by atoms with Gasteiger partial charge in [-0.3, -0.25) is 4.90 Å². The molecule has 0 amide bonds. The summed E-state index contributed by atoms with van der Waals surface area (Å²) in [6, 6.07) is 0.517. The minimum Gasteiger partial charge on any atom is -0.316 e. The number of likely N-dealkylation sites (N-methyl/N-ethyl adjacent to an activating group) is 2. The van der Waals surface area contributed by atoms with Crippen molar-refractivity contribution >= 4 is 0 Å². The van der Waals surface area contributed by atoms with Crippen LogP contribution in [-0.2, 0) is 0 Å². The van der Waals surface area contributed by atoms with Gasteiger partial charge in [-0.25, -0.2) is 0 Å². The highest BCUT2D eigenvalue weighted by Gasteiger charge is 2.03. The number of nitrogens with one attached hydrogen (secondary N) is 1. The molecule has 0 aliphatic heterocycles. The second kappa shape index (κ2) is 6.21. The second-order valence-corrected chi connectivity index (χ2v) is 2.72. The standard InChI is InChI=1S/C9H18N2/c1-5-7-11(6-2)8-9(3)10-4/h1,9-10H,6-8H2,2-4H3. The zero-order valence-corrected chi connectivity index (χ0v) is 7.72. The maximum atomic E-state index is 5.21. The van der Waals surface area contributed by atoms with Crippen LogP contribution in [0.3, 0.4) is 0 Å². The van der Waals surface area contributed by atoms with Crippen molar-refractivity contribution in [2.45, 2.75) is 19.9 Å². The normalized spacial score (nSPS) is 13.0. The first kappa shape index (κ1) is 10.5. The van der Waals surface area contributed by atoms with E-state index in [2.05, 4.69) is 30.0 Å². The van der Waals surface area contributed by atoms with E-state index in [9.17, 15) is 0 Å². The van der Waals surface area contributed by atoms with Gasteiger partial charge in [-0.05, 0) is 20.5 Å². The Kier molecular flexibility index (Phi) is 5.91. The molecule has 0 aliphatic carbocycles. The molecule has 0 aromatic rings. The van der Waals surface area contributed by atoms with Crippen LogP contribution in [0.2, 0.25) is 0 Å². The maximum absolute atomic E-state index is 5.21. The minimum absolute atomic E-state index is 0.517. The molecule has 64 valence electrons. The van der Waals surface area contributed by atoms with E-state index in [0.29, 0.717) is 6.04 Å². The van der Waals surface area contributed by atoms with Gasteiger partial charge in [0.15, 0.2) is 0 Å². The fourth-order valence-corrected chi connectivity index (χ4v) is 0.913. The molecule has 1 unspecified atom stereocenters. The molecule has 0 aromatic heterocycles. The molecule has 0 spiro atoms. The Morgan fingerprint density at radius 1 is 1.64 bits per heavy atom. The Morgan fingerprint density at radius 3 is 2.64 bits per heavy atom. The summed E-state index contributed by atoms with van der Waals surface area (Å²) >= 11 is 0. The molecule has 0 bridgehead atoms. The van der Waals surface area contributed by atoms with Crippen LogP contribution in [0, 0.1) is 12.3 Å². The molecule has 0 heterocycles. The zero-order valence-electron chi connectivity index (χ0n) is 7.72. The lowest BCUT2D eigenvalue weighted by atomic mass is 10.3. The van der Waals surface area contributed by atoms with Crippen molar-refractivity contribution in [3.05, 3.63) is 0 Å². The molecule has 2 heteroatoms. The first-order chi connectivity index (χ1) is 5.24. The number of nitrogens with zero attached hydrogens (tertiary/aromatic N) is 1. The number of hydrogen-bond donors (Lipinski definition) is 1. The Hall–Kier alpha value is -0.520. The van der Waals surface area contributed by atoms with Gasteiger partial charge in [0.1, 0.15) is 0 Å². The van der Waals surface area contributed by atoms with Crippen LogP contribution in [0.5, 0.6) is 0 Å². The monoisotopic (exact) mass is 154 g/mol. The van der Waals surface area contributed by atoms with E-state index in [0.717, 1.165) is 19.6 Å². The summed E-state index contributed by atoms with van der Waals surface area (Å²) in [4.78, 5) is 2.24. The van der Waals surface area contributed by atoms with Crippen molar-refractivity contribution in [3.63, 3.8) is 0 Å². The van der Waals surface area contributed by atoms with Crippen molar-refractivity contribution in [1.29, 1.82) is 0 Å². The Bertz CT molecular complexity index is 126. The summed E-state index contributed by atoms with van der Waals surface area (Å²) < 4.78 is 0. The van der Waals surface area contributed by atoms with Gasteiger partial charge in [-0.1, -0.05) is 12.8 Å². The van der Waals surface area contributed by atoms with Gasteiger partial charge in [-0.2, -0.15) is 0 Å². The summed E-state index contributed by atoms with van der Waals surface area (Å²) in [6.07, 6.45) is 5.21. The molecule has 11 heavy (non-hydrogen) atoms. The van der Waals surface area contributed by atoms with Gasteiger partial charge in [-0.15, -0.1) is 6.42 Å². The molecule has 0 aliphatic rings. The summed E-state index contributed by atoms with van der Waals surface area (Å²) in [5.41, 5.74) is 0. The van der Waals surface area contributed by atoms with Crippen molar-refractivity contribution in [1.82, 2.24) is 10.2 Å². The molecule has 0 rings (SSSR count). The quantitative estimate of drug-likeness (QED) is 0.582. The molecular weight excluding hydrogens is 136 g/mol. The lowest BCUT2D eigenvalue weighted by Crippen LogP contribution is -2.37. The molecule has 1 N–H and O–H groups in total. The topological polar surface area (TPSA) is 15.3 Å². The van der Waals surface area contributed by atoms with Gasteiger partial charge < -0.3 is 5.32 Å². The lowest BCUT2D eigenvalue weighted by Gasteiger charge is -2.21. The number of terminal acetylenes is 1. The molecule has 0 aromatic carbocycles. The lowest BCUT2D eigenvalue weighted by molar-refractivity contribution is 0.293. The third kappa shape index (κ3) is 4.83. The van der Waals surface area contributed by atoms with Crippen molar-refractivity contribution in [2.75, 3.05) is 26.7 Å². The average Bonchev–Trinajstić information content (AvgIpc) is 2.03. The van der Waals surface area contributed by atoms with Gasteiger partial charge in [0, 0.05) is 12.6 Å². The van der Waals surface area contributed by atoms with Crippen LogP contribution in [0.4, 0.5) is 0 Å². The van der Waals surface area contributed by atoms with Crippen LogP contribution in [0.25, 0.3) is 0 Å². The van der Waals surface area contributed by atoms with Crippen LogP contribution >= 0.6 is 0 Å². The van der Waals surface area contributed by atoms with E-state index in [-0.39, 0.29) is 0 Å². The zero-order chi connectivity index (χ0) is 8.69. The highest BCUT2D eigenvalue weighted by atomic mass is 15.1. The third-order valence-corrected chi connectivity index (χ3v) is 1.79. The predicted molar refractivity (Wildman–Crippen MR) is 49.5 cm³/mol. The number of rotatable bonds is 5. The molecule has 0 saturated carbocycles. The van der Waals surface area contributed by atoms with Crippen LogP contribution in [0.1, 0.15) is 13.8 Å². The van der Waals surface area contributed by atoms with Crippen LogP contribution in [-0.4, -0.2) is 37.6 Å². The third-order valence-electron chi connectivity index (χ3n) is 1.79. The minimum atomic E-state index is 0.517. The van der Waals surface area contributed by atoms with Crippen molar-refractivity contribution < 1.29 is 0 Å². The summed E-state index contributed by atoms with van der Waals surface area (Å²) in [5, 5.41) is 3.18. The Balaban J connectivity index is 3.60. The molecule has 0 fully saturated rings. The van der Waals surface area contributed by atoms with E-state index in [1.807, 2.05) is 7.05 Å². The van der Waals surface area contributed by atoms with E-state index >= 15 is 0 Å². The largest absolute Gasteiger partial charge is 0.316 e. The summed E-state index contributed by atoms with van der Waals surface area (Å²) in [7, 11) is 1.97. The van der Waals surface area contributed by atoms with E-state index in [1.54, 1.807) is 0 Å². The fourth-order valence-electron chi connectivity index (χ4n) is 0.913. The maximum Gasteiger partial charge on any atom is 0.0599 e. The highest BCUT2D eigenvalue weighted by Crippen LogP contribution is 1.89. The predicted octanol–water partition coefficient (Wildman–Crippen LogP) is 0.549.